The molecule has 0 aliphatic carbocycles. The van der Waals surface area contributed by atoms with E-state index in [1.165, 1.54) is 0 Å². The molecule has 0 aromatic heterocycles. The van der Waals surface area contributed by atoms with E-state index in [0.717, 1.165) is 44.0 Å². The van der Waals surface area contributed by atoms with Crippen LogP contribution in [0.1, 0.15) is 33.1 Å². The van der Waals surface area contributed by atoms with Crippen molar-refractivity contribution < 1.29 is 19.1 Å². The van der Waals surface area contributed by atoms with Crippen molar-refractivity contribution in [1.82, 2.24) is 4.90 Å². The molecule has 3 rings (SSSR count). The lowest BCUT2D eigenvalue weighted by molar-refractivity contribution is -0.147. The first-order chi connectivity index (χ1) is 13.5. The quantitative estimate of drug-likeness (QED) is 0.699. The summed E-state index contributed by atoms with van der Waals surface area (Å²) in [6.07, 6.45) is 1.70. The summed E-state index contributed by atoms with van der Waals surface area (Å²) in [6.45, 7) is 7.59. The van der Waals surface area contributed by atoms with Gasteiger partial charge in [-0.3, -0.25) is 14.4 Å². The third-order valence-corrected chi connectivity index (χ3v) is 5.37. The van der Waals surface area contributed by atoms with Crippen LogP contribution in [0.5, 0.6) is 0 Å². The monoisotopic (exact) mass is 387 g/mol. The number of benzene rings is 1. The van der Waals surface area contributed by atoms with Crippen LogP contribution < -0.4 is 9.80 Å². The summed E-state index contributed by atoms with van der Waals surface area (Å²) in [5, 5.41) is 0. The topological polar surface area (TPSA) is 70.2 Å². The number of piperazine rings is 1. The largest absolute Gasteiger partial charge is 0.466 e. The molecule has 7 heteroatoms. The number of esters is 1. The van der Waals surface area contributed by atoms with Crippen LogP contribution in [-0.2, 0) is 19.1 Å². The summed E-state index contributed by atoms with van der Waals surface area (Å²) in [4.78, 5) is 42.1. The number of hydrogen-bond donors (Lipinski definition) is 0. The molecule has 152 valence electrons. The SMILES string of the molecule is CCCC(=O)N1CCN(c2ccc(N3CC(C(=O)OCC)CC3=O)cc2)CC1. The first kappa shape index (κ1) is 20.2. The van der Waals surface area contributed by atoms with Crippen LogP contribution in [0.15, 0.2) is 24.3 Å². The van der Waals surface area contributed by atoms with Gasteiger partial charge >= 0.3 is 5.97 Å². The minimum atomic E-state index is -0.388. The molecule has 2 fully saturated rings. The Morgan fingerprint density at radius 2 is 1.68 bits per heavy atom. The number of ether oxygens (including phenoxy) is 1. The standard InChI is InChI=1S/C21H29N3O4/c1-3-5-19(25)23-12-10-22(11-13-23)17-6-8-18(9-7-17)24-15-16(14-20(24)26)21(27)28-4-2/h6-9,16H,3-5,10-15H2,1-2H3. The summed E-state index contributed by atoms with van der Waals surface area (Å²) in [7, 11) is 0. The molecular weight excluding hydrogens is 358 g/mol. The second-order valence-corrected chi connectivity index (χ2v) is 7.29. The van der Waals surface area contributed by atoms with E-state index in [9.17, 15) is 14.4 Å². The molecule has 0 spiro atoms. The molecule has 0 saturated carbocycles. The maximum absolute atomic E-state index is 12.3. The fourth-order valence-corrected chi connectivity index (χ4v) is 3.80. The zero-order valence-corrected chi connectivity index (χ0v) is 16.7. The number of amides is 2. The third-order valence-electron chi connectivity index (χ3n) is 5.37. The molecule has 7 nitrogen and oxygen atoms in total. The van der Waals surface area contributed by atoms with Crippen molar-refractivity contribution in [2.45, 2.75) is 33.1 Å². The Morgan fingerprint density at radius 1 is 1.04 bits per heavy atom. The van der Waals surface area contributed by atoms with Crippen LogP contribution in [0.3, 0.4) is 0 Å². The van der Waals surface area contributed by atoms with E-state index in [1.54, 1.807) is 11.8 Å². The second-order valence-electron chi connectivity index (χ2n) is 7.29. The van der Waals surface area contributed by atoms with Crippen molar-refractivity contribution in [2.75, 3.05) is 49.1 Å². The Labute approximate surface area is 166 Å². The summed E-state index contributed by atoms with van der Waals surface area (Å²) >= 11 is 0. The fraction of sp³-hybridized carbons (Fsp3) is 0.571. The van der Waals surface area contributed by atoms with Crippen LogP contribution in [0.2, 0.25) is 0 Å². The predicted octanol–water partition coefficient (Wildman–Crippen LogP) is 2.05. The van der Waals surface area contributed by atoms with Crippen molar-refractivity contribution >= 4 is 29.2 Å². The van der Waals surface area contributed by atoms with E-state index in [0.29, 0.717) is 19.6 Å². The van der Waals surface area contributed by atoms with Gasteiger partial charge in [0.2, 0.25) is 11.8 Å². The molecule has 0 bridgehead atoms. The first-order valence-corrected chi connectivity index (χ1v) is 10.1. The highest BCUT2D eigenvalue weighted by molar-refractivity contribution is 5.99. The Morgan fingerprint density at radius 3 is 2.29 bits per heavy atom. The van der Waals surface area contributed by atoms with Gasteiger partial charge in [-0.25, -0.2) is 0 Å². The molecular formula is C21H29N3O4. The zero-order valence-electron chi connectivity index (χ0n) is 16.7. The van der Waals surface area contributed by atoms with Gasteiger partial charge in [0, 0.05) is 56.9 Å². The molecule has 1 aromatic carbocycles. The molecule has 2 heterocycles. The summed E-state index contributed by atoms with van der Waals surface area (Å²) in [5.74, 6) is -0.499. The van der Waals surface area contributed by atoms with Crippen LogP contribution in [0, 0.1) is 5.92 Å². The highest BCUT2D eigenvalue weighted by Crippen LogP contribution is 2.28. The molecule has 1 aromatic rings. The Bertz CT molecular complexity index is 711. The van der Waals surface area contributed by atoms with Crippen molar-refractivity contribution in [1.29, 1.82) is 0 Å². The van der Waals surface area contributed by atoms with E-state index in [4.69, 9.17) is 4.74 Å². The zero-order chi connectivity index (χ0) is 20.1. The van der Waals surface area contributed by atoms with E-state index in [2.05, 4.69) is 4.90 Å². The van der Waals surface area contributed by atoms with Gasteiger partial charge in [-0.15, -0.1) is 0 Å². The Balaban J connectivity index is 1.58. The van der Waals surface area contributed by atoms with E-state index >= 15 is 0 Å². The lowest BCUT2D eigenvalue weighted by Crippen LogP contribution is -2.48. The van der Waals surface area contributed by atoms with Crippen LogP contribution in [-0.4, -0.2) is 62.0 Å². The minimum absolute atomic E-state index is 0.0474. The van der Waals surface area contributed by atoms with Gasteiger partial charge in [0.1, 0.15) is 0 Å². The minimum Gasteiger partial charge on any atom is -0.466 e. The van der Waals surface area contributed by atoms with Crippen LogP contribution in [0.25, 0.3) is 0 Å². The molecule has 2 saturated heterocycles. The molecule has 2 amide bonds. The van der Waals surface area contributed by atoms with E-state index in [-0.39, 0.29) is 30.1 Å². The van der Waals surface area contributed by atoms with Gasteiger partial charge in [-0.1, -0.05) is 6.92 Å². The molecule has 1 unspecified atom stereocenters. The third kappa shape index (κ3) is 4.46. The number of carbonyl (C=O) groups excluding carboxylic acids is 3. The van der Waals surface area contributed by atoms with Gasteiger partial charge < -0.3 is 19.4 Å². The predicted molar refractivity (Wildman–Crippen MR) is 107 cm³/mol. The number of carbonyl (C=O) groups is 3. The highest BCUT2D eigenvalue weighted by Gasteiger charge is 2.36. The second kappa shape index (κ2) is 9.08. The maximum Gasteiger partial charge on any atom is 0.311 e. The molecule has 0 N–H and O–H groups in total. The lowest BCUT2D eigenvalue weighted by atomic mass is 10.1. The fourth-order valence-electron chi connectivity index (χ4n) is 3.80. The van der Waals surface area contributed by atoms with Crippen LogP contribution >= 0.6 is 0 Å². The van der Waals surface area contributed by atoms with E-state index < -0.39 is 0 Å². The van der Waals surface area contributed by atoms with Crippen molar-refractivity contribution in [3.8, 4) is 0 Å². The Hall–Kier alpha value is -2.57. The van der Waals surface area contributed by atoms with E-state index in [1.807, 2.05) is 36.1 Å². The Kier molecular flexibility index (Phi) is 6.54. The maximum atomic E-state index is 12.3. The molecule has 2 aliphatic heterocycles. The summed E-state index contributed by atoms with van der Waals surface area (Å²) in [5.41, 5.74) is 1.89. The van der Waals surface area contributed by atoms with Gasteiger partial charge in [0.05, 0.1) is 12.5 Å². The van der Waals surface area contributed by atoms with Crippen LogP contribution in [0.4, 0.5) is 11.4 Å². The number of rotatable bonds is 6. The average Bonchev–Trinajstić information content (AvgIpc) is 3.10. The molecule has 0 radical (unpaired) electrons. The smallest absolute Gasteiger partial charge is 0.311 e. The molecule has 2 aliphatic rings. The molecule has 1 atom stereocenters. The normalized spacial score (nSPS) is 19.9. The van der Waals surface area contributed by atoms with Gasteiger partial charge in [-0.05, 0) is 37.6 Å². The summed E-state index contributed by atoms with van der Waals surface area (Å²) < 4.78 is 5.05. The lowest BCUT2D eigenvalue weighted by Gasteiger charge is -2.36. The average molecular weight is 387 g/mol. The van der Waals surface area contributed by atoms with Crippen molar-refractivity contribution in [3.63, 3.8) is 0 Å². The van der Waals surface area contributed by atoms with Crippen molar-refractivity contribution in [2.24, 2.45) is 5.92 Å². The first-order valence-electron chi connectivity index (χ1n) is 10.1. The number of nitrogens with zero attached hydrogens (tertiary/aromatic N) is 3. The highest BCUT2D eigenvalue weighted by atomic mass is 16.5. The summed E-state index contributed by atoms with van der Waals surface area (Å²) in [6, 6.07) is 7.86. The number of anilines is 2. The van der Waals surface area contributed by atoms with Gasteiger partial charge in [0.15, 0.2) is 0 Å². The van der Waals surface area contributed by atoms with Gasteiger partial charge in [0.25, 0.3) is 0 Å². The molecule has 28 heavy (non-hydrogen) atoms. The van der Waals surface area contributed by atoms with Gasteiger partial charge in [-0.2, -0.15) is 0 Å². The van der Waals surface area contributed by atoms with Crippen molar-refractivity contribution in [3.05, 3.63) is 24.3 Å². The number of hydrogen-bond acceptors (Lipinski definition) is 5.